The molecule has 5 heterocycles. The van der Waals surface area contributed by atoms with E-state index in [1.54, 1.807) is 28.7 Å². The van der Waals surface area contributed by atoms with Crippen molar-refractivity contribution in [3.8, 4) is 23.2 Å². The summed E-state index contributed by atoms with van der Waals surface area (Å²) < 4.78 is 98.3. The number of urea groups is 1. The molecule has 0 spiro atoms. The Hall–Kier alpha value is -4.56. The van der Waals surface area contributed by atoms with E-state index in [1.807, 2.05) is 24.8 Å². The fourth-order valence-corrected chi connectivity index (χ4v) is 9.26. The molecule has 10 nitrogen and oxygen atoms in total. The molecule has 2 amide bonds. The number of hydrogen-bond acceptors (Lipinski definition) is 9. The largest absolute Gasteiger partial charge is 0.461 e. The first-order valence-electron chi connectivity index (χ1n) is 17.9. The smallest absolute Gasteiger partial charge is 0.417 e. The Kier molecular flexibility index (Phi) is 9.74. The van der Waals surface area contributed by atoms with Gasteiger partial charge in [-0.15, -0.1) is 11.3 Å². The number of likely N-dealkylation sites (tertiary alicyclic amines) is 1. The fraction of sp³-hybridized carbons (Fsp3) is 0.514. The third-order valence-electron chi connectivity index (χ3n) is 11.2. The predicted molar refractivity (Wildman–Crippen MR) is 194 cm³/mol. The van der Waals surface area contributed by atoms with Crippen LogP contribution in [0.2, 0.25) is 0 Å². The lowest BCUT2D eigenvalue weighted by molar-refractivity contribution is -0.137. The first-order chi connectivity index (χ1) is 25.6. The average Bonchev–Trinajstić information content (AvgIpc) is 3.90. The van der Waals surface area contributed by atoms with Crippen LogP contribution in [0.3, 0.4) is 0 Å². The topological polar surface area (TPSA) is 115 Å². The maximum atomic E-state index is 17.3. The molecule has 17 heteroatoms. The SMILES string of the molecule is CCN(c1nc(OCC23CCCN2CC(F)C3)nc2c(F)c(-c3ccc(F)c4sc(N)c(C#N)c34)c(C(F)(F)F)cc12)C1CCN(C(=O)N(C)C(C)C)C1. The number of aromatic nitrogens is 2. The number of likely N-dealkylation sites (N-methyl/N-ethyl adjacent to an activating group) is 1. The van der Waals surface area contributed by atoms with Gasteiger partial charge >= 0.3 is 18.2 Å². The minimum atomic E-state index is -5.13. The Bertz CT molecular complexity index is 2170. The molecule has 0 radical (unpaired) electrons. The Balaban J connectivity index is 1.42. The lowest BCUT2D eigenvalue weighted by Gasteiger charge is -2.32. The number of thiophene rings is 1. The molecule has 0 bridgehead atoms. The van der Waals surface area contributed by atoms with Crippen LogP contribution in [-0.2, 0) is 6.18 Å². The molecule has 2 N–H and O–H groups in total. The first kappa shape index (κ1) is 37.7. The second-order valence-corrected chi connectivity index (χ2v) is 15.7. The van der Waals surface area contributed by atoms with Gasteiger partial charge in [-0.1, -0.05) is 6.07 Å². The number of anilines is 2. The van der Waals surface area contributed by atoms with Crippen molar-refractivity contribution < 1.29 is 35.9 Å². The number of nitriles is 1. The quantitative estimate of drug-likeness (QED) is 0.182. The van der Waals surface area contributed by atoms with E-state index < -0.39 is 52.2 Å². The minimum absolute atomic E-state index is 0.0227. The second-order valence-electron chi connectivity index (χ2n) is 14.6. The lowest BCUT2D eigenvalue weighted by atomic mass is 9.92. The molecule has 3 fully saturated rings. The monoisotopic (exact) mass is 774 g/mol. The van der Waals surface area contributed by atoms with Crippen LogP contribution in [0.4, 0.5) is 42.0 Å². The van der Waals surface area contributed by atoms with Crippen LogP contribution in [0.1, 0.15) is 57.6 Å². The number of nitrogen functional groups attached to an aromatic ring is 1. The number of nitrogens with zero attached hydrogens (tertiary/aromatic N) is 7. The van der Waals surface area contributed by atoms with Crippen molar-refractivity contribution in [2.75, 3.05) is 57.0 Å². The van der Waals surface area contributed by atoms with Crippen molar-refractivity contribution in [2.24, 2.45) is 0 Å². The van der Waals surface area contributed by atoms with E-state index in [9.17, 15) is 14.4 Å². The molecule has 54 heavy (non-hydrogen) atoms. The molecule has 7 rings (SSSR count). The number of carbonyl (C=O) groups excluding carboxylic acids is 1. The van der Waals surface area contributed by atoms with Gasteiger partial charge < -0.3 is 25.2 Å². The molecule has 3 atom stereocenters. The summed E-state index contributed by atoms with van der Waals surface area (Å²) in [5.74, 6) is -2.23. The summed E-state index contributed by atoms with van der Waals surface area (Å²) in [6.45, 7) is 7.30. The van der Waals surface area contributed by atoms with Gasteiger partial charge in [-0.25, -0.2) is 18.0 Å². The number of hydrogen-bond donors (Lipinski definition) is 1. The van der Waals surface area contributed by atoms with Crippen LogP contribution in [0.5, 0.6) is 6.01 Å². The zero-order chi connectivity index (χ0) is 38.9. The van der Waals surface area contributed by atoms with Gasteiger partial charge in [0, 0.05) is 68.1 Å². The van der Waals surface area contributed by atoms with Gasteiger partial charge in [-0.3, -0.25) is 4.90 Å². The highest BCUT2D eigenvalue weighted by Crippen LogP contribution is 2.48. The molecule has 4 aromatic rings. The Labute approximate surface area is 312 Å². The number of nitrogens with two attached hydrogens (primary N) is 1. The highest BCUT2D eigenvalue weighted by molar-refractivity contribution is 7.23. The minimum Gasteiger partial charge on any atom is -0.461 e. The summed E-state index contributed by atoms with van der Waals surface area (Å²) in [6, 6.07) is 3.54. The summed E-state index contributed by atoms with van der Waals surface area (Å²) in [6.07, 6.45) is -4.01. The third-order valence-corrected chi connectivity index (χ3v) is 12.2. The summed E-state index contributed by atoms with van der Waals surface area (Å²) in [5, 5.41) is 9.26. The van der Waals surface area contributed by atoms with E-state index in [0.717, 1.165) is 24.6 Å². The number of alkyl halides is 4. The van der Waals surface area contributed by atoms with E-state index in [2.05, 4.69) is 9.97 Å². The normalized spacial score (nSPS) is 21.7. The Morgan fingerprint density at radius 3 is 2.67 bits per heavy atom. The second kappa shape index (κ2) is 13.9. The van der Waals surface area contributed by atoms with E-state index in [-0.39, 0.29) is 88.2 Å². The van der Waals surface area contributed by atoms with Crippen molar-refractivity contribution in [1.82, 2.24) is 24.7 Å². The van der Waals surface area contributed by atoms with E-state index >= 15 is 22.0 Å². The lowest BCUT2D eigenvalue weighted by Crippen LogP contribution is -2.45. The van der Waals surface area contributed by atoms with Crippen molar-refractivity contribution in [3.05, 3.63) is 41.0 Å². The van der Waals surface area contributed by atoms with Gasteiger partial charge in [-0.05, 0) is 64.3 Å². The van der Waals surface area contributed by atoms with Crippen LogP contribution in [0.15, 0.2) is 18.2 Å². The van der Waals surface area contributed by atoms with Gasteiger partial charge in [0.2, 0.25) is 0 Å². The predicted octanol–water partition coefficient (Wildman–Crippen LogP) is 7.58. The van der Waals surface area contributed by atoms with Crippen molar-refractivity contribution in [3.63, 3.8) is 0 Å². The van der Waals surface area contributed by atoms with Gasteiger partial charge in [0.1, 0.15) is 41.0 Å². The van der Waals surface area contributed by atoms with Crippen molar-refractivity contribution in [2.45, 2.75) is 76.4 Å². The summed E-state index contributed by atoms with van der Waals surface area (Å²) in [7, 11) is 1.69. The van der Waals surface area contributed by atoms with Crippen LogP contribution in [0.25, 0.3) is 32.1 Å². The molecule has 3 saturated heterocycles. The molecule has 3 aliphatic rings. The standard InChI is InChI=1S/C37H40F6N8O2S/c1-5-51(21-9-12-49(17-21)35(52)48(4)19(2)3)33-23-13-25(37(41,42)43)28(22-7-8-26(39)31-27(22)24(15-44)32(45)54-31)29(40)30(23)46-34(47-33)53-18-36-10-6-11-50(36)16-20(38)14-36/h7-8,13,19-21H,5-6,9-12,14,16-18,45H2,1-4H3. The maximum Gasteiger partial charge on any atom is 0.417 e. The van der Waals surface area contributed by atoms with Crippen LogP contribution < -0.4 is 15.4 Å². The molecule has 0 aliphatic carbocycles. The summed E-state index contributed by atoms with van der Waals surface area (Å²) in [4.78, 5) is 29.2. The van der Waals surface area contributed by atoms with Crippen LogP contribution in [0, 0.1) is 23.0 Å². The third kappa shape index (κ3) is 6.30. The van der Waals surface area contributed by atoms with Gasteiger partial charge in [-0.2, -0.15) is 28.4 Å². The maximum absolute atomic E-state index is 17.3. The van der Waals surface area contributed by atoms with Crippen LogP contribution >= 0.6 is 11.3 Å². The highest BCUT2D eigenvalue weighted by atomic mass is 32.1. The molecular formula is C37H40F6N8O2S. The number of halogens is 6. The fourth-order valence-electron chi connectivity index (χ4n) is 8.31. The van der Waals surface area contributed by atoms with Gasteiger partial charge in [0.15, 0.2) is 5.82 Å². The van der Waals surface area contributed by atoms with Gasteiger partial charge in [0.05, 0.1) is 21.4 Å². The summed E-state index contributed by atoms with van der Waals surface area (Å²) in [5.41, 5.74) is 1.90. The number of amides is 2. The molecule has 0 saturated carbocycles. The summed E-state index contributed by atoms with van der Waals surface area (Å²) >= 11 is 0.681. The molecule has 288 valence electrons. The number of ether oxygens (including phenoxy) is 1. The molecular weight excluding hydrogens is 735 g/mol. The van der Waals surface area contributed by atoms with E-state index in [4.69, 9.17) is 10.5 Å². The van der Waals surface area contributed by atoms with Crippen LogP contribution in [-0.4, -0.2) is 101 Å². The number of benzene rings is 2. The number of rotatable bonds is 8. The Morgan fingerprint density at radius 2 is 1.98 bits per heavy atom. The molecule has 3 aliphatic heterocycles. The van der Waals surface area contributed by atoms with E-state index in [1.165, 1.54) is 0 Å². The number of fused-ring (bicyclic) bond motifs is 3. The first-order valence-corrected chi connectivity index (χ1v) is 18.7. The molecule has 2 aromatic carbocycles. The Morgan fingerprint density at radius 1 is 1.22 bits per heavy atom. The molecule has 3 unspecified atom stereocenters. The van der Waals surface area contributed by atoms with Crippen molar-refractivity contribution in [1.29, 1.82) is 5.26 Å². The highest BCUT2D eigenvalue weighted by Gasteiger charge is 2.49. The van der Waals surface area contributed by atoms with E-state index in [0.29, 0.717) is 37.3 Å². The number of carbonyl (C=O) groups is 1. The zero-order valence-corrected chi connectivity index (χ0v) is 31.1. The van der Waals surface area contributed by atoms with Crippen molar-refractivity contribution >= 4 is 49.2 Å². The average molecular weight is 775 g/mol. The van der Waals surface area contributed by atoms with Gasteiger partial charge in [0.25, 0.3) is 0 Å². The molecule has 2 aromatic heterocycles. The zero-order valence-electron chi connectivity index (χ0n) is 30.2.